The van der Waals surface area contributed by atoms with Gasteiger partial charge in [-0.15, -0.1) is 5.11 Å². The average Bonchev–Trinajstić information content (AvgIpc) is 2.98. The normalized spacial score (nSPS) is 16.9. The van der Waals surface area contributed by atoms with Gasteiger partial charge in [0.15, 0.2) is 0 Å². The van der Waals surface area contributed by atoms with E-state index in [1.165, 1.54) is 16.2 Å². The van der Waals surface area contributed by atoms with Gasteiger partial charge in [-0.1, -0.05) is 30.3 Å². The number of nitrogens with zero attached hydrogens (tertiary/aromatic N) is 5. The summed E-state index contributed by atoms with van der Waals surface area (Å²) >= 11 is -2.21. The van der Waals surface area contributed by atoms with Crippen molar-refractivity contribution < 1.29 is 17.9 Å². The second-order valence-electron chi connectivity index (χ2n) is 6.32. The molecule has 2 aromatic rings. The van der Waals surface area contributed by atoms with Gasteiger partial charge in [0.05, 0.1) is 12.7 Å². The molecule has 0 spiro atoms. The Labute approximate surface area is 183 Å². The molecule has 28 heavy (non-hydrogen) atoms. The van der Waals surface area contributed by atoms with E-state index in [2.05, 4.69) is 58.8 Å². The van der Waals surface area contributed by atoms with Crippen LogP contribution in [0.25, 0.3) is 0 Å². The molecule has 0 saturated heterocycles. The fraction of sp³-hybridized carbons (Fsp3) is 0.278. The zero-order valence-corrected chi connectivity index (χ0v) is 21.4. The molecule has 148 valence electrons. The van der Waals surface area contributed by atoms with Crippen molar-refractivity contribution in [1.29, 1.82) is 0 Å². The third-order valence-corrected chi connectivity index (χ3v) is 4.06. The number of azo groups is 1. The molecule has 0 radical (unpaired) electrons. The predicted molar refractivity (Wildman–Crippen MR) is 113 cm³/mol. The first-order chi connectivity index (χ1) is 13.4. The van der Waals surface area contributed by atoms with E-state index in [-0.39, 0.29) is 6.29 Å². The van der Waals surface area contributed by atoms with E-state index in [4.69, 9.17) is 29.1 Å². The van der Waals surface area contributed by atoms with Gasteiger partial charge in [0.25, 0.3) is 0 Å². The summed E-state index contributed by atoms with van der Waals surface area (Å²) in [6.07, 6.45) is 1.57. The molecule has 0 fully saturated rings. The van der Waals surface area contributed by atoms with Gasteiger partial charge in [-0.05, 0) is 12.1 Å². The number of benzene rings is 2. The molecule has 6 nitrogen and oxygen atoms in total. The fourth-order valence-electron chi connectivity index (χ4n) is 2.64. The van der Waals surface area contributed by atoms with Gasteiger partial charge >= 0.3 is 42.1 Å². The number of hydrazone groups is 1. The Bertz CT molecular complexity index is 758. The number of halogens is 3. The summed E-state index contributed by atoms with van der Waals surface area (Å²) in [6.45, 7) is 0.955. The first-order valence-corrected chi connectivity index (χ1v) is 20.5. The van der Waals surface area contributed by atoms with Gasteiger partial charge in [-0.2, -0.15) is 10.2 Å². The Morgan fingerprint density at radius 1 is 1.04 bits per heavy atom. The Morgan fingerprint density at radius 2 is 1.64 bits per heavy atom. The van der Waals surface area contributed by atoms with Gasteiger partial charge in [-0.3, -0.25) is 5.01 Å². The van der Waals surface area contributed by atoms with Crippen molar-refractivity contribution in [2.45, 2.75) is 12.8 Å². The Hall–Kier alpha value is -1.24. The molecule has 1 N–H and O–H groups in total. The van der Waals surface area contributed by atoms with Crippen molar-refractivity contribution in [2.75, 3.05) is 21.1 Å². The SMILES string of the molecule is CN1C=NN(C)C1N=Nc1ccc([NH+](C)Cc2ccccc2)cc1.[Cl][Zn-]([Cl])[Cl]. The third kappa shape index (κ3) is 7.65. The van der Waals surface area contributed by atoms with E-state index in [1.54, 1.807) is 11.3 Å². The van der Waals surface area contributed by atoms with Crippen LogP contribution in [0.15, 0.2) is 69.9 Å². The molecule has 1 aliphatic heterocycles. The summed E-state index contributed by atoms with van der Waals surface area (Å²) in [5, 5.41) is 14.6. The number of rotatable bonds is 5. The molecule has 0 bridgehead atoms. The van der Waals surface area contributed by atoms with Crippen molar-refractivity contribution in [1.82, 2.24) is 9.91 Å². The minimum absolute atomic E-state index is 0.170. The van der Waals surface area contributed by atoms with Crippen molar-refractivity contribution in [2.24, 2.45) is 15.3 Å². The first kappa shape index (κ1) is 23.0. The van der Waals surface area contributed by atoms with E-state index in [0.29, 0.717) is 0 Å². The number of quaternary nitrogens is 1. The molecule has 2 atom stereocenters. The van der Waals surface area contributed by atoms with Crippen molar-refractivity contribution >= 4 is 46.8 Å². The maximum atomic E-state index is 5.01. The number of hydrogen-bond acceptors (Lipinski definition) is 5. The Balaban J connectivity index is 0.000000640. The zero-order valence-electron chi connectivity index (χ0n) is 16.1. The fourth-order valence-corrected chi connectivity index (χ4v) is 2.64. The van der Waals surface area contributed by atoms with E-state index >= 15 is 0 Å². The first-order valence-electron chi connectivity index (χ1n) is 8.80. The van der Waals surface area contributed by atoms with Crippen LogP contribution in [0, 0.1) is 0 Å². The molecular formula is C18H23Cl3N6Zn. The summed E-state index contributed by atoms with van der Waals surface area (Å²) in [5.41, 5.74) is 3.40. The van der Waals surface area contributed by atoms with Crippen molar-refractivity contribution in [3.63, 3.8) is 0 Å². The van der Waals surface area contributed by atoms with Crippen LogP contribution < -0.4 is 4.90 Å². The molecule has 10 heteroatoms. The Kier molecular flexibility index (Phi) is 9.62. The molecule has 0 saturated carbocycles. The van der Waals surface area contributed by atoms with Crippen molar-refractivity contribution in [3.8, 4) is 0 Å². The zero-order chi connectivity index (χ0) is 20.5. The molecule has 0 aliphatic carbocycles. The minimum atomic E-state index is -2.21. The molecule has 1 aliphatic rings. The third-order valence-electron chi connectivity index (χ3n) is 4.06. The van der Waals surface area contributed by atoms with E-state index < -0.39 is 13.0 Å². The summed E-state index contributed by atoms with van der Waals surface area (Å²) in [5.74, 6) is 0. The van der Waals surface area contributed by atoms with Crippen LogP contribution in [0.1, 0.15) is 5.56 Å². The number of hydrogen-bond donors (Lipinski definition) is 1. The number of nitrogens with one attached hydrogen (secondary N) is 1. The van der Waals surface area contributed by atoms with Crippen LogP contribution >= 0.6 is 29.1 Å². The van der Waals surface area contributed by atoms with Crippen LogP contribution in [0.5, 0.6) is 0 Å². The van der Waals surface area contributed by atoms with Gasteiger partial charge in [0, 0.05) is 31.8 Å². The predicted octanol–water partition coefficient (Wildman–Crippen LogP) is 4.29. The van der Waals surface area contributed by atoms with Crippen LogP contribution in [-0.4, -0.2) is 43.7 Å². The molecular weight excluding hydrogens is 472 g/mol. The molecule has 0 amide bonds. The summed E-state index contributed by atoms with van der Waals surface area (Å²) in [6, 6.07) is 18.7. The average molecular weight is 495 g/mol. The van der Waals surface area contributed by atoms with Gasteiger partial charge < -0.3 is 9.80 Å². The van der Waals surface area contributed by atoms with Crippen LogP contribution in [0.3, 0.4) is 0 Å². The standard InChI is InChI=1S/C18H22N6.3ClH.Zn/c1-22(13-15-7-5-4-6-8-15)17-11-9-16(10-12-17)20-21-18-23(2)14-19-24(18)3;;;;/h4-12,14,18H,13H2,1-3H3;3*1H;/q;;;;+2/p-2. The maximum absolute atomic E-state index is 5.01. The topological polar surface area (TPSA) is 48.0 Å². The molecule has 1 heterocycles. The van der Waals surface area contributed by atoms with Gasteiger partial charge in [0.1, 0.15) is 18.6 Å². The van der Waals surface area contributed by atoms with E-state index in [0.717, 1.165) is 12.2 Å². The van der Waals surface area contributed by atoms with E-state index in [1.807, 2.05) is 37.2 Å². The second kappa shape index (κ2) is 11.7. The Morgan fingerprint density at radius 3 is 2.18 bits per heavy atom. The summed E-state index contributed by atoms with van der Waals surface area (Å²) < 4.78 is 0. The van der Waals surface area contributed by atoms with Crippen molar-refractivity contribution in [3.05, 3.63) is 60.2 Å². The van der Waals surface area contributed by atoms with Gasteiger partial charge in [0.2, 0.25) is 6.29 Å². The van der Waals surface area contributed by atoms with Gasteiger partial charge in [-0.25, -0.2) is 0 Å². The molecule has 2 aromatic carbocycles. The molecule has 0 aromatic heterocycles. The monoisotopic (exact) mass is 492 g/mol. The molecule has 3 rings (SSSR count). The van der Waals surface area contributed by atoms with Crippen LogP contribution in [0.2, 0.25) is 0 Å². The van der Waals surface area contributed by atoms with Crippen LogP contribution in [-0.2, 0) is 19.5 Å². The molecule has 2 unspecified atom stereocenters. The second-order valence-corrected chi connectivity index (χ2v) is 20.2. The summed E-state index contributed by atoms with van der Waals surface area (Å²) in [7, 11) is 21.0. The van der Waals surface area contributed by atoms with E-state index in [9.17, 15) is 0 Å². The van der Waals surface area contributed by atoms with Crippen LogP contribution in [0.4, 0.5) is 11.4 Å². The summed E-state index contributed by atoms with van der Waals surface area (Å²) in [4.78, 5) is 3.25. The quantitative estimate of drug-likeness (QED) is 0.498.